The van der Waals surface area contributed by atoms with Gasteiger partial charge in [-0.3, -0.25) is 4.90 Å². The highest BCUT2D eigenvalue weighted by Gasteiger charge is 2.31. The van der Waals surface area contributed by atoms with Crippen LogP contribution >= 0.6 is 11.6 Å². The number of rotatable bonds is 5. The van der Waals surface area contributed by atoms with Gasteiger partial charge in [-0.25, -0.2) is 8.42 Å². The molecule has 1 fully saturated rings. The normalized spacial score (nSPS) is 19.8. The van der Waals surface area contributed by atoms with Gasteiger partial charge in [0.1, 0.15) is 0 Å². The third kappa shape index (κ3) is 4.61. The van der Waals surface area contributed by atoms with Crippen molar-refractivity contribution in [3.63, 3.8) is 0 Å². The summed E-state index contributed by atoms with van der Waals surface area (Å²) in [5, 5.41) is 0.502. The quantitative estimate of drug-likeness (QED) is 0.800. The number of nitrogens with zero attached hydrogens (tertiary/aromatic N) is 2. The first-order valence-electron chi connectivity index (χ1n) is 8.45. The van der Waals surface area contributed by atoms with E-state index in [0.717, 1.165) is 13.1 Å². The molecule has 0 aromatic heterocycles. The summed E-state index contributed by atoms with van der Waals surface area (Å²) in [7, 11) is -3.37. The van der Waals surface area contributed by atoms with Crippen LogP contribution in [0.15, 0.2) is 54.6 Å². The van der Waals surface area contributed by atoms with Crippen LogP contribution in [0.1, 0.15) is 18.1 Å². The summed E-state index contributed by atoms with van der Waals surface area (Å²) in [6.45, 7) is 4.70. The van der Waals surface area contributed by atoms with Crippen molar-refractivity contribution >= 4 is 21.6 Å². The maximum atomic E-state index is 12.8. The highest BCUT2D eigenvalue weighted by Crippen LogP contribution is 2.22. The van der Waals surface area contributed by atoms with Gasteiger partial charge in [0.2, 0.25) is 10.0 Å². The number of piperazine rings is 1. The van der Waals surface area contributed by atoms with Crippen LogP contribution in [0.4, 0.5) is 0 Å². The van der Waals surface area contributed by atoms with E-state index in [1.165, 1.54) is 5.56 Å². The smallest absolute Gasteiger partial charge is 0.218 e. The van der Waals surface area contributed by atoms with E-state index in [4.69, 9.17) is 11.6 Å². The van der Waals surface area contributed by atoms with E-state index in [1.807, 2.05) is 30.3 Å². The Kier molecular flexibility index (Phi) is 5.79. The van der Waals surface area contributed by atoms with Gasteiger partial charge in [0.15, 0.2) is 0 Å². The van der Waals surface area contributed by atoms with Gasteiger partial charge in [0, 0.05) is 37.2 Å². The first-order valence-corrected chi connectivity index (χ1v) is 10.4. The van der Waals surface area contributed by atoms with E-state index >= 15 is 0 Å². The molecule has 0 spiro atoms. The molecule has 1 saturated heterocycles. The number of halogens is 1. The van der Waals surface area contributed by atoms with Crippen LogP contribution < -0.4 is 0 Å². The number of hydrogen-bond donors (Lipinski definition) is 0. The largest absolute Gasteiger partial charge is 0.294 e. The van der Waals surface area contributed by atoms with Crippen molar-refractivity contribution in [1.82, 2.24) is 9.21 Å². The van der Waals surface area contributed by atoms with Crippen LogP contribution in [-0.2, 0) is 22.3 Å². The lowest BCUT2D eigenvalue weighted by molar-refractivity contribution is 0.122. The minimum atomic E-state index is -3.37. The number of sulfonamides is 1. The fourth-order valence-corrected chi connectivity index (χ4v) is 5.08. The zero-order valence-corrected chi connectivity index (χ0v) is 15.9. The fraction of sp³-hybridized carbons (Fsp3) is 0.368. The Hall–Kier alpha value is -1.40. The van der Waals surface area contributed by atoms with Crippen LogP contribution in [0, 0.1) is 0 Å². The first kappa shape index (κ1) is 18.4. The molecule has 1 atom stereocenters. The molecule has 4 nitrogen and oxygen atoms in total. The summed E-state index contributed by atoms with van der Waals surface area (Å²) < 4.78 is 27.1. The van der Waals surface area contributed by atoms with Crippen molar-refractivity contribution in [1.29, 1.82) is 0 Å². The van der Waals surface area contributed by atoms with Gasteiger partial charge in [-0.15, -0.1) is 0 Å². The van der Waals surface area contributed by atoms with Gasteiger partial charge in [-0.1, -0.05) is 60.1 Å². The lowest BCUT2D eigenvalue weighted by atomic mass is 10.1. The Morgan fingerprint density at radius 2 is 1.72 bits per heavy atom. The van der Waals surface area contributed by atoms with Crippen molar-refractivity contribution in [2.45, 2.75) is 25.3 Å². The van der Waals surface area contributed by atoms with Gasteiger partial charge in [0.25, 0.3) is 0 Å². The number of benzene rings is 2. The van der Waals surface area contributed by atoms with Gasteiger partial charge in [-0.05, 0) is 24.1 Å². The molecular weight excluding hydrogens is 356 g/mol. The summed E-state index contributed by atoms with van der Waals surface area (Å²) >= 11 is 6.12. The molecule has 2 aromatic rings. The molecule has 2 aromatic carbocycles. The van der Waals surface area contributed by atoms with Crippen LogP contribution in [0.2, 0.25) is 5.02 Å². The van der Waals surface area contributed by atoms with E-state index in [-0.39, 0.29) is 11.8 Å². The monoisotopic (exact) mass is 378 g/mol. The zero-order valence-electron chi connectivity index (χ0n) is 14.3. The second-order valence-electron chi connectivity index (χ2n) is 6.51. The Balaban J connectivity index is 1.64. The summed E-state index contributed by atoms with van der Waals surface area (Å²) in [6, 6.07) is 17.6. The molecule has 0 radical (unpaired) electrons. The molecule has 0 amide bonds. The predicted octanol–water partition coefficient (Wildman–Crippen LogP) is 3.38. The summed E-state index contributed by atoms with van der Waals surface area (Å²) in [4.78, 5) is 2.33. The second-order valence-corrected chi connectivity index (χ2v) is 8.89. The lowest BCUT2D eigenvalue weighted by Crippen LogP contribution is -2.53. The van der Waals surface area contributed by atoms with Crippen molar-refractivity contribution < 1.29 is 8.42 Å². The molecule has 25 heavy (non-hydrogen) atoms. The van der Waals surface area contributed by atoms with Crippen LogP contribution in [0.3, 0.4) is 0 Å². The average Bonchev–Trinajstić information content (AvgIpc) is 2.59. The maximum absolute atomic E-state index is 12.8. The molecule has 1 heterocycles. The molecule has 6 heteroatoms. The third-order valence-electron chi connectivity index (χ3n) is 4.65. The van der Waals surface area contributed by atoms with Gasteiger partial charge in [-0.2, -0.15) is 4.31 Å². The standard InChI is InChI=1S/C19H23ClN2O2S/c1-16-13-22(12-11-21(16)14-17-7-3-2-4-8-17)25(23,24)15-18-9-5-6-10-19(18)20/h2-10,16H,11-15H2,1H3. The molecule has 0 bridgehead atoms. The van der Waals surface area contributed by atoms with Crippen molar-refractivity contribution in [2.24, 2.45) is 0 Å². The van der Waals surface area contributed by atoms with E-state index in [9.17, 15) is 8.42 Å². The molecule has 0 N–H and O–H groups in total. The fourth-order valence-electron chi connectivity index (χ4n) is 3.17. The third-order valence-corrected chi connectivity index (χ3v) is 6.81. The van der Waals surface area contributed by atoms with Crippen LogP contribution in [0.5, 0.6) is 0 Å². The maximum Gasteiger partial charge on any atom is 0.218 e. The van der Waals surface area contributed by atoms with Gasteiger partial charge < -0.3 is 0 Å². The van der Waals surface area contributed by atoms with Gasteiger partial charge in [0.05, 0.1) is 5.75 Å². The molecule has 0 saturated carbocycles. The van der Waals surface area contributed by atoms with E-state index in [2.05, 4.69) is 24.0 Å². The first-order chi connectivity index (χ1) is 12.0. The predicted molar refractivity (Wildman–Crippen MR) is 102 cm³/mol. The summed E-state index contributed by atoms with van der Waals surface area (Å²) in [5.74, 6) is -0.0436. The zero-order chi connectivity index (χ0) is 17.9. The molecule has 0 aliphatic carbocycles. The minimum Gasteiger partial charge on any atom is -0.294 e. The van der Waals surface area contributed by atoms with E-state index in [1.54, 1.807) is 16.4 Å². The second kappa shape index (κ2) is 7.87. The van der Waals surface area contributed by atoms with Crippen molar-refractivity contribution in [2.75, 3.05) is 19.6 Å². The molecule has 3 rings (SSSR count). The Bertz CT molecular complexity index is 811. The average molecular weight is 379 g/mol. The summed E-state index contributed by atoms with van der Waals surface area (Å²) in [6.07, 6.45) is 0. The topological polar surface area (TPSA) is 40.6 Å². The molecular formula is C19H23ClN2O2S. The van der Waals surface area contributed by atoms with Crippen molar-refractivity contribution in [3.8, 4) is 0 Å². The van der Waals surface area contributed by atoms with Crippen LogP contribution in [-0.4, -0.2) is 43.3 Å². The Morgan fingerprint density at radius 3 is 2.40 bits per heavy atom. The van der Waals surface area contributed by atoms with Crippen LogP contribution in [0.25, 0.3) is 0 Å². The molecule has 134 valence electrons. The van der Waals surface area contributed by atoms with E-state index in [0.29, 0.717) is 23.7 Å². The van der Waals surface area contributed by atoms with E-state index < -0.39 is 10.0 Å². The molecule has 1 aliphatic heterocycles. The van der Waals surface area contributed by atoms with Crippen molar-refractivity contribution in [3.05, 3.63) is 70.7 Å². The minimum absolute atomic E-state index is 0.0436. The highest BCUT2D eigenvalue weighted by molar-refractivity contribution is 7.88. The Labute approximate surface area is 155 Å². The highest BCUT2D eigenvalue weighted by atomic mass is 35.5. The molecule has 1 unspecified atom stereocenters. The van der Waals surface area contributed by atoms with Gasteiger partial charge >= 0.3 is 0 Å². The Morgan fingerprint density at radius 1 is 1.04 bits per heavy atom. The summed E-state index contributed by atoms with van der Waals surface area (Å²) in [5.41, 5.74) is 1.91. The molecule has 1 aliphatic rings. The number of hydrogen-bond acceptors (Lipinski definition) is 3. The SMILES string of the molecule is CC1CN(S(=O)(=O)Cc2ccccc2Cl)CCN1Cc1ccccc1. The lowest BCUT2D eigenvalue weighted by Gasteiger charge is -2.39.